The fourth-order valence-corrected chi connectivity index (χ4v) is 2.44. The molecule has 0 radical (unpaired) electrons. The van der Waals surface area contributed by atoms with Gasteiger partial charge >= 0.3 is 0 Å². The summed E-state index contributed by atoms with van der Waals surface area (Å²) in [5, 5.41) is 1.88. The molecule has 0 amide bonds. The molecular weight excluding hydrogens is 285 g/mol. The normalized spacial score (nSPS) is 11.1. The zero-order valence-electron chi connectivity index (χ0n) is 13.2. The zero-order valence-corrected chi connectivity index (χ0v) is 14.0. The average Bonchev–Trinajstić information content (AvgIpc) is 3.18. The average molecular weight is 307 g/mol. The van der Waals surface area contributed by atoms with E-state index in [1.807, 2.05) is 57.3 Å². The monoisotopic (exact) mass is 307 g/mol. The van der Waals surface area contributed by atoms with Gasteiger partial charge in [0.25, 0.3) is 0 Å². The number of alkyl halides is 1. The maximum Gasteiger partial charge on any atom is 0.175 e. The predicted molar refractivity (Wildman–Crippen MR) is 89.4 cm³/mol. The van der Waals surface area contributed by atoms with E-state index < -0.39 is 6.30 Å². The maximum absolute atomic E-state index is 13.7. The van der Waals surface area contributed by atoms with E-state index >= 15 is 0 Å². The number of fused-ring (bicyclic) bond motifs is 1. The highest BCUT2D eigenvalue weighted by atomic mass is 32.1. The predicted octanol–water partition coefficient (Wildman–Crippen LogP) is 5.70. The Bertz CT molecular complexity index is 645. The van der Waals surface area contributed by atoms with E-state index in [0.29, 0.717) is 5.82 Å². The summed E-state index contributed by atoms with van der Waals surface area (Å²) in [6, 6.07) is 7.53. The number of para-hydroxylation sites is 2. The van der Waals surface area contributed by atoms with Crippen LogP contribution in [0.2, 0.25) is 0 Å². The van der Waals surface area contributed by atoms with Crippen molar-refractivity contribution in [3.05, 3.63) is 35.2 Å². The van der Waals surface area contributed by atoms with Crippen molar-refractivity contribution in [3.63, 3.8) is 0 Å². The maximum atomic E-state index is 13.7. The van der Waals surface area contributed by atoms with Gasteiger partial charge in [-0.1, -0.05) is 39.8 Å². The highest BCUT2D eigenvalue weighted by Crippen LogP contribution is 2.28. The van der Waals surface area contributed by atoms with Crippen molar-refractivity contribution in [3.8, 4) is 11.5 Å². The van der Waals surface area contributed by atoms with Crippen LogP contribution in [0.15, 0.2) is 35.2 Å². The van der Waals surface area contributed by atoms with Gasteiger partial charge in [0.1, 0.15) is 5.69 Å². The summed E-state index contributed by atoms with van der Waals surface area (Å²) in [6.07, 6.45) is -1.13. The molecule has 0 aliphatic heterocycles. The summed E-state index contributed by atoms with van der Waals surface area (Å²) in [5.74, 6) is 0.586. The lowest BCUT2D eigenvalue weighted by Gasteiger charge is -2.08. The summed E-state index contributed by atoms with van der Waals surface area (Å²) in [4.78, 5) is 8.64. The Morgan fingerprint density at radius 2 is 1.81 bits per heavy atom. The quantitative estimate of drug-likeness (QED) is 0.608. The first-order chi connectivity index (χ1) is 10.3. The van der Waals surface area contributed by atoms with E-state index in [1.54, 1.807) is 10.1 Å². The molecule has 0 aliphatic rings. The highest BCUT2D eigenvalue weighted by molar-refractivity contribution is 7.07. The van der Waals surface area contributed by atoms with Crippen LogP contribution in [-0.4, -0.2) is 14.5 Å². The van der Waals surface area contributed by atoms with Crippen LogP contribution >= 0.6 is 11.3 Å². The van der Waals surface area contributed by atoms with E-state index in [2.05, 4.69) is 9.97 Å². The molecule has 1 aromatic carbocycles. The first kappa shape index (κ1) is 17.3. The lowest BCUT2D eigenvalue weighted by atomic mass is 10.3. The third-order valence-electron chi connectivity index (χ3n) is 2.61. The van der Waals surface area contributed by atoms with E-state index in [4.69, 9.17) is 0 Å². The summed E-state index contributed by atoms with van der Waals surface area (Å²) >= 11 is 1.48. The van der Waals surface area contributed by atoms with E-state index in [1.165, 1.54) is 18.3 Å². The van der Waals surface area contributed by atoms with Crippen LogP contribution in [0.25, 0.3) is 22.6 Å². The summed E-state index contributed by atoms with van der Waals surface area (Å²) < 4.78 is 15.3. The molecule has 2 aromatic heterocycles. The molecular formula is C16H22FN3S. The van der Waals surface area contributed by atoms with Crippen molar-refractivity contribution in [2.75, 3.05) is 0 Å². The molecule has 0 spiro atoms. The number of thiazole rings is 1. The second-order valence-corrected chi connectivity index (χ2v) is 4.46. The number of nitrogens with zero attached hydrogens (tertiary/aromatic N) is 3. The van der Waals surface area contributed by atoms with Crippen molar-refractivity contribution in [2.45, 2.75) is 40.9 Å². The van der Waals surface area contributed by atoms with Crippen molar-refractivity contribution in [1.29, 1.82) is 0 Å². The topological polar surface area (TPSA) is 30.7 Å². The first-order valence-corrected chi connectivity index (χ1v) is 8.21. The number of benzene rings is 1. The summed E-state index contributed by atoms with van der Waals surface area (Å²) in [6.45, 7) is 9.50. The van der Waals surface area contributed by atoms with Crippen LogP contribution in [0.3, 0.4) is 0 Å². The first-order valence-electron chi connectivity index (χ1n) is 7.27. The molecule has 21 heavy (non-hydrogen) atoms. The Morgan fingerprint density at radius 1 is 1.14 bits per heavy atom. The van der Waals surface area contributed by atoms with Crippen LogP contribution in [0.4, 0.5) is 4.39 Å². The van der Waals surface area contributed by atoms with Crippen molar-refractivity contribution in [2.24, 2.45) is 0 Å². The third kappa shape index (κ3) is 3.67. The van der Waals surface area contributed by atoms with Crippen molar-refractivity contribution >= 4 is 22.4 Å². The lowest BCUT2D eigenvalue weighted by molar-refractivity contribution is 0.277. The van der Waals surface area contributed by atoms with E-state index in [0.717, 1.165) is 16.7 Å². The van der Waals surface area contributed by atoms with Crippen molar-refractivity contribution in [1.82, 2.24) is 14.5 Å². The van der Waals surface area contributed by atoms with Gasteiger partial charge in [0.15, 0.2) is 12.1 Å². The molecule has 3 nitrogen and oxygen atoms in total. The molecule has 1 unspecified atom stereocenters. The van der Waals surface area contributed by atoms with Gasteiger partial charge in [-0.15, -0.1) is 11.3 Å². The fraction of sp³-hybridized carbons (Fsp3) is 0.375. The van der Waals surface area contributed by atoms with Crippen LogP contribution in [0, 0.1) is 0 Å². The zero-order chi connectivity index (χ0) is 15.8. The van der Waals surface area contributed by atoms with Gasteiger partial charge in [-0.2, -0.15) is 0 Å². The smallest absolute Gasteiger partial charge is 0.175 e. The van der Waals surface area contributed by atoms with E-state index in [-0.39, 0.29) is 0 Å². The molecule has 0 N–H and O–H groups in total. The van der Waals surface area contributed by atoms with Gasteiger partial charge in [0, 0.05) is 5.38 Å². The molecule has 114 valence electrons. The third-order valence-corrected chi connectivity index (χ3v) is 3.20. The van der Waals surface area contributed by atoms with Crippen LogP contribution in [0.1, 0.15) is 40.9 Å². The van der Waals surface area contributed by atoms with Gasteiger partial charge in [0.2, 0.25) is 0 Å². The number of hydrogen-bond donors (Lipinski definition) is 0. The highest BCUT2D eigenvalue weighted by Gasteiger charge is 2.17. The molecule has 0 aliphatic carbocycles. The van der Waals surface area contributed by atoms with Gasteiger partial charge in [-0.05, 0) is 19.1 Å². The number of imidazole rings is 1. The number of halogens is 1. The van der Waals surface area contributed by atoms with Gasteiger partial charge in [0.05, 0.1) is 16.5 Å². The Balaban J connectivity index is 0.000000510. The minimum absolute atomic E-state index is 0.586. The van der Waals surface area contributed by atoms with Crippen LogP contribution in [0.5, 0.6) is 0 Å². The minimum atomic E-state index is -1.13. The van der Waals surface area contributed by atoms with Crippen LogP contribution in [-0.2, 0) is 0 Å². The standard InChI is InChI=1S/C12H10FN3S.2C2H6/c1-8(13)16-11-5-3-2-4-9(11)15-12(16)10-6-17-7-14-10;2*1-2/h2-8H,1H3;2*1-2H3. The van der Waals surface area contributed by atoms with Gasteiger partial charge in [-0.3, -0.25) is 4.57 Å². The molecule has 2 heterocycles. The molecule has 3 aromatic rings. The molecule has 1 atom stereocenters. The minimum Gasteiger partial charge on any atom is -0.291 e. The lowest BCUT2D eigenvalue weighted by Crippen LogP contribution is -2.01. The largest absolute Gasteiger partial charge is 0.291 e. The summed E-state index contributed by atoms with van der Waals surface area (Å²) in [5.41, 5.74) is 4.03. The molecule has 0 saturated heterocycles. The molecule has 0 bridgehead atoms. The summed E-state index contributed by atoms with van der Waals surface area (Å²) in [7, 11) is 0. The van der Waals surface area contributed by atoms with Gasteiger partial charge in [-0.25, -0.2) is 14.4 Å². The molecule has 0 fully saturated rings. The SMILES string of the molecule is CC.CC.CC(F)n1c(-c2cscn2)nc2ccccc21. The number of rotatable bonds is 2. The number of hydrogen-bond acceptors (Lipinski definition) is 3. The fourth-order valence-electron chi connectivity index (χ4n) is 1.91. The Labute approximate surface area is 129 Å². The van der Waals surface area contributed by atoms with Crippen molar-refractivity contribution < 1.29 is 4.39 Å². The second-order valence-electron chi connectivity index (χ2n) is 3.74. The number of aromatic nitrogens is 3. The van der Waals surface area contributed by atoms with E-state index in [9.17, 15) is 4.39 Å². The second kappa shape index (κ2) is 8.52. The molecule has 5 heteroatoms. The molecule has 3 rings (SSSR count). The van der Waals surface area contributed by atoms with Crippen LogP contribution < -0.4 is 0 Å². The Morgan fingerprint density at radius 3 is 2.38 bits per heavy atom. The Hall–Kier alpha value is -1.75. The Kier molecular flexibility index (Phi) is 7.02. The van der Waals surface area contributed by atoms with Gasteiger partial charge < -0.3 is 0 Å². The molecule has 0 saturated carbocycles.